The highest BCUT2D eigenvalue weighted by Crippen LogP contribution is 2.52. The minimum atomic E-state index is -0.677. The topological polar surface area (TPSA) is 79.3 Å². The smallest absolute Gasteiger partial charge is 0.309 e. The molecule has 5 nitrogen and oxygen atoms in total. The van der Waals surface area contributed by atoms with Crippen molar-refractivity contribution in [2.24, 2.45) is 5.41 Å². The first-order valence-corrected chi connectivity index (χ1v) is 13.0. The first kappa shape index (κ1) is 22.3. The van der Waals surface area contributed by atoms with Gasteiger partial charge in [-0.2, -0.15) is 0 Å². The molecule has 0 spiro atoms. The number of carbonyl (C=O) groups is 2. The summed E-state index contributed by atoms with van der Waals surface area (Å²) in [7, 11) is 0. The van der Waals surface area contributed by atoms with Crippen molar-refractivity contribution in [1.29, 1.82) is 0 Å². The second-order valence-electron chi connectivity index (χ2n) is 11.1. The maximum absolute atomic E-state index is 14.0. The number of nitrogens with one attached hydrogen (secondary N) is 1. The van der Waals surface area contributed by atoms with Gasteiger partial charge in [-0.25, -0.2) is 4.98 Å². The zero-order valence-electron chi connectivity index (χ0n) is 20.3. The molecule has 1 aromatic heterocycles. The maximum Gasteiger partial charge on any atom is 0.309 e. The molecule has 0 aliphatic heterocycles. The fourth-order valence-electron chi connectivity index (χ4n) is 6.54. The molecule has 0 saturated heterocycles. The van der Waals surface area contributed by atoms with Gasteiger partial charge in [0.25, 0.3) is 5.91 Å². The molecule has 0 atom stereocenters. The summed E-state index contributed by atoms with van der Waals surface area (Å²) in [6.45, 7) is 2.01. The van der Waals surface area contributed by atoms with Crippen molar-refractivity contribution in [2.45, 2.75) is 76.2 Å². The molecule has 3 aromatic rings. The zero-order valence-corrected chi connectivity index (χ0v) is 20.3. The van der Waals surface area contributed by atoms with E-state index in [1.807, 2.05) is 37.3 Å². The molecule has 4 aliphatic rings. The van der Waals surface area contributed by atoms with Gasteiger partial charge in [-0.05, 0) is 87.5 Å². The number of fused-ring (bicyclic) bond motifs is 4. The number of carbonyl (C=O) groups excluding carboxylic acids is 1. The lowest BCUT2D eigenvalue weighted by Gasteiger charge is -2.51. The van der Waals surface area contributed by atoms with E-state index in [1.54, 1.807) is 0 Å². The summed E-state index contributed by atoms with van der Waals surface area (Å²) >= 11 is 0. The molecule has 35 heavy (non-hydrogen) atoms. The van der Waals surface area contributed by atoms with Gasteiger partial charge in [-0.15, -0.1) is 0 Å². The first-order valence-electron chi connectivity index (χ1n) is 13.0. The first-order chi connectivity index (χ1) is 16.9. The summed E-state index contributed by atoms with van der Waals surface area (Å²) in [6, 6.07) is 16.5. The van der Waals surface area contributed by atoms with Crippen LogP contribution in [0.3, 0.4) is 0 Å². The Morgan fingerprint density at radius 2 is 1.66 bits per heavy atom. The number of aliphatic carboxylic acids is 1. The number of carboxylic acid groups (broad SMARTS) is 1. The third-order valence-corrected chi connectivity index (χ3v) is 9.18. The van der Waals surface area contributed by atoms with Crippen molar-refractivity contribution < 1.29 is 14.7 Å². The number of hydrogen-bond donors (Lipinski definition) is 2. The van der Waals surface area contributed by atoms with Crippen LogP contribution < -0.4 is 5.32 Å². The number of carboxylic acids is 1. The lowest BCUT2D eigenvalue weighted by atomic mass is 9.57. The second-order valence-corrected chi connectivity index (χ2v) is 11.1. The molecule has 180 valence electrons. The minimum absolute atomic E-state index is 0.0532. The van der Waals surface area contributed by atoms with Gasteiger partial charge >= 0.3 is 5.97 Å². The van der Waals surface area contributed by atoms with Crippen LogP contribution in [0, 0.1) is 12.3 Å². The molecule has 1 amide bonds. The Hall–Kier alpha value is -3.21. The molecule has 0 radical (unpaired) electrons. The van der Waals surface area contributed by atoms with Crippen molar-refractivity contribution in [3.05, 3.63) is 65.2 Å². The van der Waals surface area contributed by atoms with Crippen LogP contribution in [0.5, 0.6) is 0 Å². The van der Waals surface area contributed by atoms with Crippen LogP contribution in [-0.4, -0.2) is 27.5 Å². The van der Waals surface area contributed by atoms with Crippen LogP contribution in [0.25, 0.3) is 22.2 Å². The fraction of sp³-hybridized carbons (Fsp3) is 0.433. The molecule has 1 heterocycles. The Balaban J connectivity index is 1.42. The number of pyridine rings is 1. The van der Waals surface area contributed by atoms with Crippen LogP contribution in [0.15, 0.2) is 48.5 Å². The third kappa shape index (κ3) is 3.64. The Kier molecular flexibility index (Phi) is 5.21. The highest BCUT2D eigenvalue weighted by Gasteiger charge is 2.53. The molecule has 4 saturated carbocycles. The van der Waals surface area contributed by atoms with E-state index in [-0.39, 0.29) is 11.4 Å². The number of rotatable bonds is 5. The van der Waals surface area contributed by atoms with Gasteiger partial charge in [0.15, 0.2) is 0 Å². The Morgan fingerprint density at radius 1 is 0.971 bits per heavy atom. The van der Waals surface area contributed by atoms with E-state index in [1.165, 1.54) is 24.8 Å². The molecule has 0 unspecified atom stereocenters. The quantitative estimate of drug-likeness (QED) is 0.455. The van der Waals surface area contributed by atoms with Gasteiger partial charge in [0.1, 0.15) is 0 Å². The van der Waals surface area contributed by atoms with E-state index in [9.17, 15) is 14.7 Å². The van der Waals surface area contributed by atoms with Crippen molar-refractivity contribution in [3.63, 3.8) is 0 Å². The van der Waals surface area contributed by atoms with Gasteiger partial charge in [0.05, 0.1) is 22.2 Å². The minimum Gasteiger partial charge on any atom is -0.481 e. The van der Waals surface area contributed by atoms with E-state index in [4.69, 9.17) is 4.98 Å². The van der Waals surface area contributed by atoms with Gasteiger partial charge in [0, 0.05) is 16.5 Å². The average molecular weight is 469 g/mol. The Labute approximate surface area is 206 Å². The number of benzene rings is 2. The number of nitrogens with zero attached hydrogens (tertiary/aromatic N) is 1. The number of aromatic nitrogens is 1. The summed E-state index contributed by atoms with van der Waals surface area (Å²) in [5.74, 6) is -0.157. The molecule has 5 heteroatoms. The average Bonchev–Trinajstić information content (AvgIpc) is 2.84. The van der Waals surface area contributed by atoms with E-state index in [2.05, 4.69) is 23.5 Å². The van der Waals surface area contributed by atoms with E-state index < -0.39 is 11.4 Å². The van der Waals surface area contributed by atoms with Crippen LogP contribution in [0.4, 0.5) is 0 Å². The maximum atomic E-state index is 14.0. The Morgan fingerprint density at radius 3 is 2.26 bits per heavy atom. The van der Waals surface area contributed by atoms with Crippen molar-refractivity contribution in [1.82, 2.24) is 10.3 Å². The summed E-state index contributed by atoms with van der Waals surface area (Å²) in [5, 5.41) is 14.1. The third-order valence-electron chi connectivity index (χ3n) is 9.18. The zero-order chi connectivity index (χ0) is 24.2. The monoisotopic (exact) mass is 468 g/mol. The Bertz CT molecular complexity index is 1300. The molecule has 2 aromatic carbocycles. The van der Waals surface area contributed by atoms with Crippen LogP contribution in [0.2, 0.25) is 0 Å². The highest BCUT2D eigenvalue weighted by molar-refractivity contribution is 6.09. The van der Waals surface area contributed by atoms with Gasteiger partial charge < -0.3 is 10.4 Å². The lowest BCUT2D eigenvalue weighted by Crippen LogP contribution is -2.58. The van der Waals surface area contributed by atoms with E-state index in [0.717, 1.165) is 47.0 Å². The lowest BCUT2D eigenvalue weighted by molar-refractivity contribution is -0.156. The standard InChI is InChI=1S/C30H32N2O3/c1-19-25(27(33)32-30-15-12-29(13-16-30,14-17-30)28(34)35)23-18-22(20-8-5-9-20)10-11-24(23)31-26(19)21-6-3-2-4-7-21/h2-4,6-7,10-11,18,20H,5,8-9,12-17H2,1H3,(H,32,33)(H,34,35). The van der Waals surface area contributed by atoms with Gasteiger partial charge in [-0.1, -0.05) is 42.8 Å². The van der Waals surface area contributed by atoms with Gasteiger partial charge in [-0.3, -0.25) is 9.59 Å². The second kappa shape index (κ2) is 8.18. The summed E-state index contributed by atoms with van der Waals surface area (Å²) in [4.78, 5) is 30.9. The summed E-state index contributed by atoms with van der Waals surface area (Å²) in [5.41, 5.74) is 4.69. The van der Waals surface area contributed by atoms with Gasteiger partial charge in [0.2, 0.25) is 0 Å². The van der Waals surface area contributed by atoms with E-state index in [0.29, 0.717) is 30.7 Å². The van der Waals surface area contributed by atoms with Crippen molar-refractivity contribution >= 4 is 22.8 Å². The number of hydrogen-bond acceptors (Lipinski definition) is 3. The van der Waals surface area contributed by atoms with Crippen molar-refractivity contribution in [2.75, 3.05) is 0 Å². The van der Waals surface area contributed by atoms with Crippen LogP contribution >= 0.6 is 0 Å². The summed E-state index contributed by atoms with van der Waals surface area (Å²) in [6.07, 6.45) is 7.77. The fourth-order valence-corrected chi connectivity index (χ4v) is 6.54. The molecule has 2 bridgehead atoms. The predicted molar refractivity (Wildman–Crippen MR) is 136 cm³/mol. The van der Waals surface area contributed by atoms with E-state index >= 15 is 0 Å². The molecular weight excluding hydrogens is 436 g/mol. The molecular formula is C30H32N2O3. The highest BCUT2D eigenvalue weighted by atomic mass is 16.4. The molecule has 4 aliphatic carbocycles. The normalized spacial score (nSPS) is 25.9. The summed E-state index contributed by atoms with van der Waals surface area (Å²) < 4.78 is 0. The van der Waals surface area contributed by atoms with Crippen LogP contribution in [0.1, 0.15) is 85.2 Å². The molecule has 2 N–H and O–H groups in total. The predicted octanol–water partition coefficient (Wildman–Crippen LogP) is 6.39. The number of amides is 1. The SMILES string of the molecule is Cc1c(-c2ccccc2)nc2ccc(C3CCC3)cc2c1C(=O)NC12CCC(C(=O)O)(CC1)CC2. The molecule has 7 rings (SSSR count). The molecule has 4 fully saturated rings. The largest absolute Gasteiger partial charge is 0.481 e. The van der Waals surface area contributed by atoms with Crippen LogP contribution in [-0.2, 0) is 4.79 Å². The van der Waals surface area contributed by atoms with Crippen molar-refractivity contribution in [3.8, 4) is 11.3 Å².